The third-order valence-corrected chi connectivity index (χ3v) is 3.75. The van der Waals surface area contributed by atoms with E-state index >= 15 is 0 Å². The number of esters is 1. The molecule has 13 heavy (non-hydrogen) atoms. The average molecular weight is 202 g/mol. The Balaban J connectivity index is 2.22. The minimum atomic E-state index is -0.0324. The molecule has 3 heteroatoms. The van der Waals surface area contributed by atoms with Crippen molar-refractivity contribution in [2.75, 3.05) is 12.4 Å². The molecule has 0 bridgehead atoms. The highest BCUT2D eigenvalue weighted by atomic mass is 32.2. The monoisotopic (exact) mass is 202 g/mol. The summed E-state index contributed by atoms with van der Waals surface area (Å²) in [7, 11) is 0. The summed E-state index contributed by atoms with van der Waals surface area (Å²) in [5, 5.41) is 0.694. The van der Waals surface area contributed by atoms with Gasteiger partial charge in [0.2, 0.25) is 0 Å². The van der Waals surface area contributed by atoms with Gasteiger partial charge in [-0.3, -0.25) is 4.79 Å². The molecule has 1 heterocycles. The Labute approximate surface area is 84.4 Å². The molecule has 0 spiro atoms. The highest BCUT2D eigenvalue weighted by Gasteiger charge is 2.22. The summed E-state index contributed by atoms with van der Waals surface area (Å²) in [4.78, 5) is 11.3. The lowest BCUT2D eigenvalue weighted by Gasteiger charge is -2.14. The SMILES string of the molecule is CCOC(=O)C(C)CC1CCCS1. The van der Waals surface area contributed by atoms with Crippen LogP contribution in [0.3, 0.4) is 0 Å². The van der Waals surface area contributed by atoms with Crippen LogP contribution in [0, 0.1) is 5.92 Å². The van der Waals surface area contributed by atoms with Gasteiger partial charge in [0, 0.05) is 5.25 Å². The largest absolute Gasteiger partial charge is 0.466 e. The van der Waals surface area contributed by atoms with Crippen LogP contribution in [0.2, 0.25) is 0 Å². The molecule has 0 radical (unpaired) electrons. The molecular weight excluding hydrogens is 184 g/mol. The maximum Gasteiger partial charge on any atom is 0.308 e. The minimum absolute atomic E-state index is 0.0324. The molecule has 0 aromatic rings. The molecule has 2 nitrogen and oxygen atoms in total. The third-order valence-electron chi connectivity index (χ3n) is 2.33. The van der Waals surface area contributed by atoms with E-state index in [9.17, 15) is 4.79 Å². The van der Waals surface area contributed by atoms with Gasteiger partial charge in [-0.05, 0) is 31.9 Å². The minimum Gasteiger partial charge on any atom is -0.466 e. The fourth-order valence-corrected chi connectivity index (χ4v) is 3.03. The first kappa shape index (κ1) is 10.9. The number of thioether (sulfide) groups is 1. The highest BCUT2D eigenvalue weighted by molar-refractivity contribution is 8.00. The van der Waals surface area contributed by atoms with Gasteiger partial charge in [-0.25, -0.2) is 0 Å². The second-order valence-corrected chi connectivity index (χ2v) is 4.93. The van der Waals surface area contributed by atoms with E-state index in [1.807, 2.05) is 25.6 Å². The molecule has 76 valence electrons. The molecule has 0 aromatic carbocycles. The highest BCUT2D eigenvalue weighted by Crippen LogP contribution is 2.31. The summed E-state index contributed by atoms with van der Waals surface area (Å²) < 4.78 is 4.97. The summed E-state index contributed by atoms with van der Waals surface area (Å²) in [5.41, 5.74) is 0. The zero-order valence-corrected chi connectivity index (χ0v) is 9.23. The van der Waals surface area contributed by atoms with E-state index in [0.717, 1.165) is 6.42 Å². The van der Waals surface area contributed by atoms with Crippen LogP contribution in [0.4, 0.5) is 0 Å². The van der Waals surface area contributed by atoms with E-state index in [1.165, 1.54) is 18.6 Å². The zero-order chi connectivity index (χ0) is 9.68. The third kappa shape index (κ3) is 3.59. The fourth-order valence-electron chi connectivity index (χ4n) is 1.61. The van der Waals surface area contributed by atoms with E-state index in [-0.39, 0.29) is 11.9 Å². The van der Waals surface area contributed by atoms with E-state index in [2.05, 4.69) is 0 Å². The van der Waals surface area contributed by atoms with Crippen molar-refractivity contribution in [3.8, 4) is 0 Å². The predicted molar refractivity (Wildman–Crippen MR) is 55.9 cm³/mol. The Morgan fingerprint density at radius 3 is 3.00 bits per heavy atom. The molecule has 0 amide bonds. The number of hydrogen-bond donors (Lipinski definition) is 0. The lowest BCUT2D eigenvalue weighted by atomic mass is 10.0. The summed E-state index contributed by atoms with van der Waals surface area (Å²) in [5.74, 6) is 1.31. The van der Waals surface area contributed by atoms with Gasteiger partial charge in [0.15, 0.2) is 0 Å². The smallest absolute Gasteiger partial charge is 0.308 e. The standard InChI is InChI=1S/C10H18O2S/c1-3-12-10(11)8(2)7-9-5-4-6-13-9/h8-9H,3-7H2,1-2H3. The predicted octanol–water partition coefficient (Wildman–Crippen LogP) is 2.47. The molecule has 1 fully saturated rings. The summed E-state index contributed by atoms with van der Waals surface area (Å²) >= 11 is 2.00. The van der Waals surface area contributed by atoms with E-state index in [1.54, 1.807) is 0 Å². The number of carbonyl (C=O) groups excluding carboxylic acids is 1. The second-order valence-electron chi connectivity index (χ2n) is 3.52. The lowest BCUT2D eigenvalue weighted by Crippen LogP contribution is -2.18. The molecule has 1 aliphatic heterocycles. The molecule has 1 rings (SSSR count). The molecule has 2 unspecified atom stereocenters. The van der Waals surface area contributed by atoms with Gasteiger partial charge in [-0.1, -0.05) is 6.92 Å². The van der Waals surface area contributed by atoms with Crippen LogP contribution in [0.25, 0.3) is 0 Å². The van der Waals surface area contributed by atoms with Crippen molar-refractivity contribution in [1.82, 2.24) is 0 Å². The number of ether oxygens (including phenoxy) is 1. The molecule has 0 saturated carbocycles. The van der Waals surface area contributed by atoms with Crippen LogP contribution in [-0.2, 0) is 9.53 Å². The molecule has 0 N–H and O–H groups in total. The van der Waals surface area contributed by atoms with Gasteiger partial charge in [0.1, 0.15) is 0 Å². The normalized spacial score (nSPS) is 24.3. The Kier molecular flexibility index (Phi) is 4.64. The van der Waals surface area contributed by atoms with Gasteiger partial charge in [-0.15, -0.1) is 0 Å². The van der Waals surface area contributed by atoms with Crippen molar-refractivity contribution < 1.29 is 9.53 Å². The fraction of sp³-hybridized carbons (Fsp3) is 0.900. The summed E-state index contributed by atoms with van der Waals surface area (Å²) in [6.07, 6.45) is 3.57. The maximum absolute atomic E-state index is 11.3. The lowest BCUT2D eigenvalue weighted by molar-refractivity contribution is -0.147. The van der Waals surface area contributed by atoms with Gasteiger partial charge >= 0.3 is 5.97 Å². The summed E-state index contributed by atoms with van der Waals surface area (Å²) in [6.45, 7) is 4.33. The zero-order valence-electron chi connectivity index (χ0n) is 8.41. The number of rotatable bonds is 4. The maximum atomic E-state index is 11.3. The van der Waals surface area contributed by atoms with Crippen LogP contribution in [-0.4, -0.2) is 23.6 Å². The van der Waals surface area contributed by atoms with Gasteiger partial charge in [0.25, 0.3) is 0 Å². The van der Waals surface area contributed by atoms with Crippen LogP contribution in [0.1, 0.15) is 33.1 Å². The molecular formula is C10H18O2S. The number of hydrogen-bond acceptors (Lipinski definition) is 3. The second kappa shape index (κ2) is 5.53. The van der Waals surface area contributed by atoms with Gasteiger partial charge in [-0.2, -0.15) is 11.8 Å². The Hall–Kier alpha value is -0.180. The quantitative estimate of drug-likeness (QED) is 0.655. The van der Waals surface area contributed by atoms with Crippen molar-refractivity contribution in [2.24, 2.45) is 5.92 Å². The van der Waals surface area contributed by atoms with Crippen LogP contribution >= 0.6 is 11.8 Å². The summed E-state index contributed by atoms with van der Waals surface area (Å²) in [6, 6.07) is 0. The van der Waals surface area contributed by atoms with Crippen LogP contribution < -0.4 is 0 Å². The average Bonchev–Trinajstić information content (AvgIpc) is 2.57. The topological polar surface area (TPSA) is 26.3 Å². The van der Waals surface area contributed by atoms with E-state index < -0.39 is 0 Å². The Morgan fingerprint density at radius 1 is 1.69 bits per heavy atom. The first-order valence-electron chi connectivity index (χ1n) is 5.02. The van der Waals surface area contributed by atoms with Crippen LogP contribution in [0.15, 0.2) is 0 Å². The van der Waals surface area contributed by atoms with Crippen molar-refractivity contribution in [2.45, 2.75) is 38.4 Å². The van der Waals surface area contributed by atoms with Crippen molar-refractivity contribution >= 4 is 17.7 Å². The number of carbonyl (C=O) groups is 1. The van der Waals surface area contributed by atoms with Crippen molar-refractivity contribution in [3.05, 3.63) is 0 Å². The van der Waals surface area contributed by atoms with Crippen molar-refractivity contribution in [1.29, 1.82) is 0 Å². The van der Waals surface area contributed by atoms with Gasteiger partial charge in [0.05, 0.1) is 12.5 Å². The molecule has 2 atom stereocenters. The van der Waals surface area contributed by atoms with Crippen LogP contribution in [0.5, 0.6) is 0 Å². The molecule has 0 aromatic heterocycles. The first-order chi connectivity index (χ1) is 6.24. The molecule has 1 aliphatic rings. The van der Waals surface area contributed by atoms with E-state index in [0.29, 0.717) is 11.9 Å². The molecule has 1 saturated heterocycles. The molecule has 0 aliphatic carbocycles. The Bertz CT molecular complexity index is 164. The Morgan fingerprint density at radius 2 is 2.46 bits per heavy atom. The van der Waals surface area contributed by atoms with Gasteiger partial charge < -0.3 is 4.74 Å². The van der Waals surface area contributed by atoms with Crippen molar-refractivity contribution in [3.63, 3.8) is 0 Å². The first-order valence-corrected chi connectivity index (χ1v) is 6.07. The van der Waals surface area contributed by atoms with E-state index in [4.69, 9.17) is 4.74 Å².